The van der Waals surface area contributed by atoms with Crippen molar-refractivity contribution in [3.63, 3.8) is 0 Å². The highest BCUT2D eigenvalue weighted by atomic mass is 32.2. The van der Waals surface area contributed by atoms with E-state index in [9.17, 15) is 9.90 Å². The second-order valence-corrected chi connectivity index (χ2v) is 11.2. The topological polar surface area (TPSA) is 83.9 Å². The average Bonchev–Trinajstić information content (AvgIpc) is 3.40. The molecule has 35 heavy (non-hydrogen) atoms. The maximum atomic E-state index is 12.2. The number of benzene rings is 1. The lowest BCUT2D eigenvalue weighted by Gasteiger charge is -2.37. The molecule has 2 fully saturated rings. The molecule has 4 rings (SSSR count). The van der Waals surface area contributed by atoms with Crippen molar-refractivity contribution in [2.75, 3.05) is 39.6 Å². The zero-order valence-electron chi connectivity index (χ0n) is 20.9. The number of aromatic nitrogens is 1. The number of methoxy groups -OCH3 is 1. The highest BCUT2D eigenvalue weighted by Gasteiger charge is 2.34. The molecule has 3 atom stereocenters. The Kier molecular flexibility index (Phi) is 9.66. The predicted molar refractivity (Wildman–Crippen MR) is 141 cm³/mol. The van der Waals surface area contributed by atoms with Crippen molar-refractivity contribution in [2.24, 2.45) is 11.8 Å². The van der Waals surface area contributed by atoms with Gasteiger partial charge in [-0.05, 0) is 74.4 Å². The van der Waals surface area contributed by atoms with Crippen LogP contribution in [0.15, 0.2) is 30.5 Å². The summed E-state index contributed by atoms with van der Waals surface area (Å²) in [6.07, 6.45) is 9.79. The van der Waals surface area contributed by atoms with Crippen LogP contribution in [0, 0.1) is 11.8 Å². The summed E-state index contributed by atoms with van der Waals surface area (Å²) < 4.78 is 5.43. The van der Waals surface area contributed by atoms with Gasteiger partial charge in [-0.15, -0.1) is 0 Å². The Labute approximate surface area is 212 Å². The number of hydroxylamine groups is 1. The first-order valence-corrected chi connectivity index (χ1v) is 13.9. The third kappa shape index (κ3) is 6.88. The van der Waals surface area contributed by atoms with Crippen LogP contribution in [0.3, 0.4) is 0 Å². The van der Waals surface area contributed by atoms with E-state index in [2.05, 4.69) is 27.1 Å². The van der Waals surface area contributed by atoms with Gasteiger partial charge < -0.3 is 19.6 Å². The summed E-state index contributed by atoms with van der Waals surface area (Å²) in [5.74, 6) is 1.07. The molecule has 7 nitrogen and oxygen atoms in total. The minimum absolute atomic E-state index is 0.0621. The van der Waals surface area contributed by atoms with E-state index in [4.69, 9.17) is 9.57 Å². The summed E-state index contributed by atoms with van der Waals surface area (Å²) in [6.45, 7) is 2.64. The van der Waals surface area contributed by atoms with E-state index in [1.165, 1.54) is 25.7 Å². The third-order valence-corrected chi connectivity index (χ3v) is 9.03. The van der Waals surface area contributed by atoms with Crippen LogP contribution in [-0.2, 0) is 9.63 Å². The van der Waals surface area contributed by atoms with Gasteiger partial charge in [0, 0.05) is 35.7 Å². The molecule has 0 radical (unpaired) electrons. The smallest absolute Gasteiger partial charge is 0.308 e. The number of nitrogens with one attached hydrogen (secondary N) is 1. The van der Waals surface area contributed by atoms with Gasteiger partial charge in [0.05, 0.1) is 31.7 Å². The number of carboxylic acids is 1. The zero-order chi connectivity index (χ0) is 24.6. The fraction of sp³-hybridized carbons (Fsp3) is 0.630. The molecule has 2 aromatic rings. The number of carboxylic acid groups (broad SMARTS) is 1. The van der Waals surface area contributed by atoms with E-state index in [0.717, 1.165) is 65.6 Å². The number of pyridine rings is 1. The normalized spacial score (nSPS) is 22.5. The van der Waals surface area contributed by atoms with E-state index >= 15 is 0 Å². The van der Waals surface area contributed by atoms with Crippen molar-refractivity contribution in [3.8, 4) is 5.75 Å². The van der Waals surface area contributed by atoms with E-state index in [0.29, 0.717) is 6.54 Å². The SMILES string of the molecule is CON[C@H](CC[C@@H]1CCN(CCSC2CCCC2)C[C@@H]1C(=O)O)c1ccnc2ccc(OC)cc12. The van der Waals surface area contributed by atoms with Gasteiger partial charge in [-0.1, -0.05) is 12.8 Å². The number of nitrogens with zero attached hydrogens (tertiary/aromatic N) is 2. The van der Waals surface area contributed by atoms with Gasteiger partial charge in [-0.3, -0.25) is 9.78 Å². The molecular formula is C27H39N3O4S. The van der Waals surface area contributed by atoms with E-state index in [1.54, 1.807) is 14.2 Å². The summed E-state index contributed by atoms with van der Waals surface area (Å²) in [5.41, 5.74) is 5.13. The van der Waals surface area contributed by atoms with Gasteiger partial charge in [0.25, 0.3) is 0 Å². The molecule has 1 aromatic heterocycles. The van der Waals surface area contributed by atoms with E-state index in [-0.39, 0.29) is 17.9 Å². The Morgan fingerprint density at radius 2 is 2.09 bits per heavy atom. The van der Waals surface area contributed by atoms with Crippen LogP contribution in [0.2, 0.25) is 0 Å². The molecule has 1 saturated heterocycles. The third-order valence-electron chi connectivity index (χ3n) is 7.66. The van der Waals surface area contributed by atoms with Crippen molar-refractivity contribution >= 4 is 28.6 Å². The van der Waals surface area contributed by atoms with Crippen LogP contribution in [0.4, 0.5) is 0 Å². The molecule has 1 saturated carbocycles. The van der Waals surface area contributed by atoms with Crippen molar-refractivity contribution in [2.45, 2.75) is 56.2 Å². The van der Waals surface area contributed by atoms with E-state index in [1.807, 2.05) is 30.5 Å². The lowest BCUT2D eigenvalue weighted by atomic mass is 9.81. The maximum absolute atomic E-state index is 12.2. The molecule has 0 spiro atoms. The first kappa shape index (κ1) is 26.2. The molecule has 0 amide bonds. The summed E-state index contributed by atoms with van der Waals surface area (Å²) in [5, 5.41) is 11.9. The van der Waals surface area contributed by atoms with Crippen molar-refractivity contribution in [1.29, 1.82) is 0 Å². The summed E-state index contributed by atoms with van der Waals surface area (Å²) in [6, 6.07) is 7.83. The fourth-order valence-electron chi connectivity index (χ4n) is 5.68. The van der Waals surface area contributed by atoms with Crippen molar-refractivity contribution in [3.05, 3.63) is 36.0 Å². The number of fused-ring (bicyclic) bond motifs is 1. The molecule has 1 aliphatic heterocycles. The number of rotatable bonds is 12. The molecule has 2 aliphatic rings. The Morgan fingerprint density at radius 3 is 2.83 bits per heavy atom. The molecular weight excluding hydrogens is 462 g/mol. The van der Waals surface area contributed by atoms with Crippen LogP contribution in [0.25, 0.3) is 10.9 Å². The minimum atomic E-state index is -0.668. The average molecular weight is 502 g/mol. The zero-order valence-corrected chi connectivity index (χ0v) is 21.8. The Bertz CT molecular complexity index is 969. The Hall–Kier alpha value is -1.87. The first-order valence-electron chi connectivity index (χ1n) is 12.9. The van der Waals surface area contributed by atoms with Gasteiger partial charge in [0.2, 0.25) is 0 Å². The van der Waals surface area contributed by atoms with Crippen molar-refractivity contribution < 1.29 is 19.5 Å². The van der Waals surface area contributed by atoms with E-state index < -0.39 is 5.97 Å². The first-order chi connectivity index (χ1) is 17.1. The van der Waals surface area contributed by atoms with Gasteiger partial charge in [-0.2, -0.15) is 17.2 Å². The van der Waals surface area contributed by atoms with Gasteiger partial charge >= 0.3 is 5.97 Å². The largest absolute Gasteiger partial charge is 0.497 e. The fourth-order valence-corrected chi connectivity index (χ4v) is 7.04. The number of ether oxygens (including phenoxy) is 1. The Balaban J connectivity index is 1.38. The quantitative estimate of drug-likeness (QED) is 0.397. The minimum Gasteiger partial charge on any atom is -0.497 e. The summed E-state index contributed by atoms with van der Waals surface area (Å²) in [7, 11) is 3.28. The number of piperidine rings is 1. The van der Waals surface area contributed by atoms with Gasteiger partial charge in [-0.25, -0.2) is 0 Å². The van der Waals surface area contributed by atoms with Crippen LogP contribution in [0.5, 0.6) is 5.75 Å². The molecule has 0 bridgehead atoms. The predicted octanol–water partition coefficient (Wildman–Crippen LogP) is 4.91. The van der Waals surface area contributed by atoms with Crippen molar-refractivity contribution in [1.82, 2.24) is 15.4 Å². The standard InChI is InChI=1S/C27H39N3O4S/c1-33-20-8-10-25-23(17-20)22(11-13-28-25)26(29-34-2)9-7-19-12-14-30(18-24(19)27(31)32)15-16-35-21-5-3-4-6-21/h8,10-11,13,17,19,21,24,26,29H,3-7,9,12,14-16,18H2,1-2H3,(H,31,32)/t19-,24+,26-/m1/s1. The lowest BCUT2D eigenvalue weighted by Crippen LogP contribution is -2.44. The maximum Gasteiger partial charge on any atom is 0.308 e. The molecule has 1 aliphatic carbocycles. The van der Waals surface area contributed by atoms with Gasteiger partial charge in [0.1, 0.15) is 5.75 Å². The number of hydrogen-bond acceptors (Lipinski definition) is 7. The number of likely N-dealkylation sites (tertiary alicyclic amines) is 1. The molecule has 2 N–H and O–H groups in total. The number of hydrogen-bond donors (Lipinski definition) is 2. The lowest BCUT2D eigenvalue weighted by molar-refractivity contribution is -0.146. The highest BCUT2D eigenvalue weighted by molar-refractivity contribution is 7.99. The van der Waals surface area contributed by atoms with Crippen LogP contribution >= 0.6 is 11.8 Å². The molecule has 2 heterocycles. The number of thioether (sulfide) groups is 1. The number of aliphatic carboxylic acids is 1. The van der Waals surface area contributed by atoms with Crippen LogP contribution in [-0.4, -0.2) is 65.8 Å². The molecule has 8 heteroatoms. The highest BCUT2D eigenvalue weighted by Crippen LogP contribution is 2.34. The summed E-state index contributed by atoms with van der Waals surface area (Å²) >= 11 is 2.08. The second kappa shape index (κ2) is 12.9. The number of carbonyl (C=O) groups is 1. The summed E-state index contributed by atoms with van der Waals surface area (Å²) in [4.78, 5) is 24.4. The van der Waals surface area contributed by atoms with Crippen LogP contribution < -0.4 is 10.2 Å². The molecule has 1 aromatic carbocycles. The molecule has 192 valence electrons. The Morgan fingerprint density at radius 1 is 1.26 bits per heavy atom. The van der Waals surface area contributed by atoms with Gasteiger partial charge in [0.15, 0.2) is 0 Å². The second-order valence-electron chi connectivity index (χ2n) is 9.81. The van der Waals surface area contributed by atoms with Crippen LogP contribution in [0.1, 0.15) is 56.6 Å². The molecule has 0 unspecified atom stereocenters. The monoisotopic (exact) mass is 501 g/mol.